The fourth-order valence-electron chi connectivity index (χ4n) is 3.51. The molecule has 2 fully saturated rings. The maximum absolute atomic E-state index is 10.7. The van der Waals surface area contributed by atoms with Gasteiger partial charge >= 0.3 is 0 Å². The largest absolute Gasteiger partial charge is 0.390 e. The van der Waals surface area contributed by atoms with E-state index >= 15 is 0 Å². The van der Waals surface area contributed by atoms with Gasteiger partial charge in [-0.1, -0.05) is 13.8 Å². The first-order chi connectivity index (χ1) is 8.38. The van der Waals surface area contributed by atoms with Gasteiger partial charge in [0.05, 0.1) is 18.3 Å². The van der Waals surface area contributed by atoms with Gasteiger partial charge < -0.3 is 15.6 Å². The Bertz CT molecular complexity index is 280. The Morgan fingerprint density at radius 1 is 1.22 bits per heavy atom. The molecule has 1 aliphatic carbocycles. The van der Waals surface area contributed by atoms with E-state index in [0.29, 0.717) is 18.1 Å². The third-order valence-electron chi connectivity index (χ3n) is 5.25. The van der Waals surface area contributed by atoms with E-state index in [9.17, 15) is 5.11 Å². The van der Waals surface area contributed by atoms with E-state index in [2.05, 4.69) is 20.8 Å². The van der Waals surface area contributed by atoms with Gasteiger partial charge in [0, 0.05) is 12.0 Å². The molecule has 2 rings (SSSR count). The van der Waals surface area contributed by atoms with Crippen LogP contribution in [0, 0.1) is 10.8 Å². The zero-order valence-corrected chi connectivity index (χ0v) is 12.1. The molecule has 2 aliphatic rings. The number of rotatable bonds is 3. The summed E-state index contributed by atoms with van der Waals surface area (Å²) in [4.78, 5) is 0. The first-order valence-corrected chi connectivity index (χ1v) is 7.42. The Morgan fingerprint density at radius 3 is 2.28 bits per heavy atom. The first kappa shape index (κ1) is 14.3. The molecule has 1 aliphatic heterocycles. The monoisotopic (exact) mass is 255 g/mol. The molecule has 3 heteroatoms. The predicted octanol–water partition coefficient (Wildman–Crippen LogP) is 2.46. The zero-order chi connectivity index (χ0) is 13.4. The highest BCUT2D eigenvalue weighted by Crippen LogP contribution is 2.48. The van der Waals surface area contributed by atoms with Crippen LogP contribution >= 0.6 is 0 Å². The van der Waals surface area contributed by atoms with Gasteiger partial charge in [-0.05, 0) is 50.9 Å². The molecule has 1 saturated heterocycles. The second-order valence-electron chi connectivity index (χ2n) is 7.24. The molecule has 0 aromatic heterocycles. The van der Waals surface area contributed by atoms with Crippen molar-refractivity contribution in [3.05, 3.63) is 0 Å². The summed E-state index contributed by atoms with van der Waals surface area (Å²) in [6.45, 7) is 7.30. The van der Waals surface area contributed by atoms with E-state index in [1.165, 1.54) is 0 Å². The smallest absolute Gasteiger partial charge is 0.0870 e. The highest BCUT2D eigenvalue weighted by Gasteiger charge is 2.46. The van der Waals surface area contributed by atoms with Crippen molar-refractivity contribution < 1.29 is 9.84 Å². The summed E-state index contributed by atoms with van der Waals surface area (Å²) in [5, 5.41) is 10.7. The van der Waals surface area contributed by atoms with E-state index < -0.39 is 0 Å². The van der Waals surface area contributed by atoms with Crippen LogP contribution in [-0.2, 0) is 4.74 Å². The molecule has 3 nitrogen and oxygen atoms in total. The van der Waals surface area contributed by atoms with Crippen molar-refractivity contribution in [3.63, 3.8) is 0 Å². The third-order valence-corrected chi connectivity index (χ3v) is 5.25. The van der Waals surface area contributed by atoms with Gasteiger partial charge in [0.2, 0.25) is 0 Å². The van der Waals surface area contributed by atoms with Crippen molar-refractivity contribution in [2.24, 2.45) is 16.6 Å². The fourth-order valence-corrected chi connectivity index (χ4v) is 3.51. The Hall–Kier alpha value is -0.120. The van der Waals surface area contributed by atoms with Crippen LogP contribution in [0.15, 0.2) is 0 Å². The maximum atomic E-state index is 10.7. The van der Waals surface area contributed by atoms with Crippen LogP contribution in [0.25, 0.3) is 0 Å². The van der Waals surface area contributed by atoms with E-state index in [-0.39, 0.29) is 17.6 Å². The molecule has 0 aromatic rings. The quantitative estimate of drug-likeness (QED) is 0.814. The van der Waals surface area contributed by atoms with Crippen molar-refractivity contribution in [3.8, 4) is 0 Å². The van der Waals surface area contributed by atoms with Crippen LogP contribution in [0.5, 0.6) is 0 Å². The van der Waals surface area contributed by atoms with Crippen LogP contribution in [0.1, 0.15) is 59.3 Å². The highest BCUT2D eigenvalue weighted by atomic mass is 16.5. The van der Waals surface area contributed by atoms with E-state index in [4.69, 9.17) is 10.5 Å². The fraction of sp³-hybridized carbons (Fsp3) is 1.00. The average molecular weight is 255 g/mol. The van der Waals surface area contributed by atoms with E-state index in [0.717, 1.165) is 38.5 Å². The number of aliphatic hydroxyl groups is 1. The molecular formula is C15H29NO2. The second-order valence-corrected chi connectivity index (χ2v) is 7.24. The normalized spacial score (nSPS) is 36.5. The lowest BCUT2D eigenvalue weighted by Crippen LogP contribution is -2.50. The second kappa shape index (κ2) is 5.10. The minimum Gasteiger partial charge on any atom is -0.390 e. The van der Waals surface area contributed by atoms with E-state index in [1.807, 2.05) is 0 Å². The predicted molar refractivity (Wildman–Crippen MR) is 73.3 cm³/mol. The molecule has 106 valence electrons. The minimum atomic E-state index is -0.386. The Morgan fingerprint density at radius 2 is 1.83 bits per heavy atom. The van der Waals surface area contributed by atoms with Gasteiger partial charge in [0.1, 0.15) is 0 Å². The molecule has 0 amide bonds. The standard InChI is InChI=1S/C15H29NO2/c1-11-4-5-12(18-11)13(17)15(10-16)8-6-14(2,3)7-9-15/h11-13,17H,4-10,16H2,1-3H3. The van der Waals surface area contributed by atoms with Gasteiger partial charge in [-0.3, -0.25) is 0 Å². The minimum absolute atomic E-state index is 0.00441. The zero-order valence-electron chi connectivity index (χ0n) is 12.1. The molecule has 0 spiro atoms. The molecule has 3 atom stereocenters. The highest BCUT2D eigenvalue weighted by molar-refractivity contribution is 4.98. The Kier molecular flexibility index (Phi) is 4.05. The van der Waals surface area contributed by atoms with Crippen molar-refractivity contribution in [1.29, 1.82) is 0 Å². The SMILES string of the molecule is CC1CCC(C(O)C2(CN)CCC(C)(C)CC2)O1. The van der Waals surface area contributed by atoms with Gasteiger partial charge in [-0.2, -0.15) is 0 Å². The van der Waals surface area contributed by atoms with Gasteiger partial charge in [0.15, 0.2) is 0 Å². The molecule has 1 heterocycles. The van der Waals surface area contributed by atoms with Crippen LogP contribution < -0.4 is 5.73 Å². The summed E-state index contributed by atoms with van der Waals surface area (Å²) in [6, 6.07) is 0. The summed E-state index contributed by atoms with van der Waals surface area (Å²) < 4.78 is 5.85. The maximum Gasteiger partial charge on any atom is 0.0870 e. The van der Waals surface area contributed by atoms with Gasteiger partial charge in [0.25, 0.3) is 0 Å². The van der Waals surface area contributed by atoms with Crippen molar-refractivity contribution in [1.82, 2.24) is 0 Å². The van der Waals surface area contributed by atoms with Crippen LogP contribution in [-0.4, -0.2) is 30.0 Å². The summed E-state index contributed by atoms with van der Waals surface area (Å²) in [5.74, 6) is 0. The van der Waals surface area contributed by atoms with E-state index in [1.54, 1.807) is 0 Å². The van der Waals surface area contributed by atoms with Crippen LogP contribution in [0.4, 0.5) is 0 Å². The summed E-state index contributed by atoms with van der Waals surface area (Å²) in [5.41, 5.74) is 6.31. The lowest BCUT2D eigenvalue weighted by Gasteiger charge is -2.47. The molecule has 0 aromatic carbocycles. The molecular weight excluding hydrogens is 226 g/mol. The van der Waals surface area contributed by atoms with Gasteiger partial charge in [-0.25, -0.2) is 0 Å². The van der Waals surface area contributed by atoms with Crippen molar-refractivity contribution >= 4 is 0 Å². The van der Waals surface area contributed by atoms with Crippen LogP contribution in [0.2, 0.25) is 0 Å². The van der Waals surface area contributed by atoms with Gasteiger partial charge in [-0.15, -0.1) is 0 Å². The summed E-state index contributed by atoms with van der Waals surface area (Å²) in [7, 11) is 0. The van der Waals surface area contributed by atoms with Crippen molar-refractivity contribution in [2.45, 2.75) is 77.6 Å². The lowest BCUT2D eigenvalue weighted by atomic mass is 9.62. The number of hydrogen-bond acceptors (Lipinski definition) is 3. The summed E-state index contributed by atoms with van der Waals surface area (Å²) >= 11 is 0. The number of hydrogen-bond donors (Lipinski definition) is 2. The molecule has 0 radical (unpaired) electrons. The topological polar surface area (TPSA) is 55.5 Å². The third kappa shape index (κ3) is 2.73. The Labute approximate surface area is 111 Å². The number of ether oxygens (including phenoxy) is 1. The molecule has 3 unspecified atom stereocenters. The number of nitrogens with two attached hydrogens (primary N) is 1. The molecule has 3 N–H and O–H groups in total. The molecule has 0 bridgehead atoms. The van der Waals surface area contributed by atoms with Crippen LogP contribution in [0.3, 0.4) is 0 Å². The molecule has 18 heavy (non-hydrogen) atoms. The number of aliphatic hydroxyl groups excluding tert-OH is 1. The van der Waals surface area contributed by atoms with Crippen molar-refractivity contribution in [2.75, 3.05) is 6.54 Å². The first-order valence-electron chi connectivity index (χ1n) is 7.42. The average Bonchev–Trinajstić information content (AvgIpc) is 2.76. The summed E-state index contributed by atoms with van der Waals surface area (Å²) in [6.07, 6.45) is 6.33. The Balaban J connectivity index is 2.04. The lowest BCUT2D eigenvalue weighted by molar-refractivity contribution is -0.107. The molecule has 1 saturated carbocycles.